The number of ether oxygens (including phenoxy) is 1. The maximum absolute atomic E-state index is 11.4. The molecule has 16 heavy (non-hydrogen) atoms. The number of rotatable bonds is 3. The Labute approximate surface area is 102 Å². The minimum atomic E-state index is -0.694. The molecule has 5 heteroatoms. The predicted molar refractivity (Wildman–Crippen MR) is 61.1 cm³/mol. The van der Waals surface area contributed by atoms with Crippen LogP contribution in [0.1, 0.15) is 17.7 Å². The Morgan fingerprint density at radius 2 is 2.12 bits per heavy atom. The lowest BCUT2D eigenvalue weighted by Gasteiger charge is -2.45. The monoisotopic (exact) mass is 258 g/mol. The van der Waals surface area contributed by atoms with Crippen LogP contribution >= 0.6 is 22.9 Å². The van der Waals surface area contributed by atoms with E-state index in [2.05, 4.69) is 0 Å². The Hall–Kier alpha value is -0.580. The summed E-state index contributed by atoms with van der Waals surface area (Å²) in [6, 6.07) is 3.78. The standard InChI is InChI=1S/C11H11ClO3S/c12-8-2-1-7(16-8)11(5-15-6-11)10(3-4-10)9(13)14/h1-2H,3-6H2,(H,13,14). The van der Waals surface area contributed by atoms with Crippen LogP contribution in [0, 0.1) is 5.41 Å². The van der Waals surface area contributed by atoms with Gasteiger partial charge in [0.2, 0.25) is 0 Å². The van der Waals surface area contributed by atoms with E-state index >= 15 is 0 Å². The SMILES string of the molecule is O=C(O)C1(C2(c3ccc(Cl)s3)COC2)CC1. The number of carbonyl (C=O) groups is 1. The van der Waals surface area contributed by atoms with Gasteiger partial charge in [0.1, 0.15) is 0 Å². The highest BCUT2D eigenvalue weighted by Crippen LogP contribution is 2.63. The number of carboxylic acid groups (broad SMARTS) is 1. The quantitative estimate of drug-likeness (QED) is 0.906. The molecule has 1 aromatic heterocycles. The average Bonchev–Trinajstić information content (AvgIpc) is 2.85. The van der Waals surface area contributed by atoms with Crippen molar-refractivity contribution in [2.24, 2.45) is 5.41 Å². The molecule has 1 aromatic rings. The zero-order chi connectivity index (χ0) is 11.4. The van der Waals surface area contributed by atoms with E-state index in [1.807, 2.05) is 12.1 Å². The summed E-state index contributed by atoms with van der Waals surface area (Å²) in [5.41, 5.74) is -0.921. The number of hydrogen-bond acceptors (Lipinski definition) is 3. The zero-order valence-corrected chi connectivity index (χ0v) is 10.1. The van der Waals surface area contributed by atoms with Crippen LogP contribution < -0.4 is 0 Å². The smallest absolute Gasteiger partial charge is 0.310 e. The molecule has 0 atom stereocenters. The third-order valence-electron chi connectivity index (χ3n) is 3.82. The Kier molecular flexibility index (Phi) is 2.12. The van der Waals surface area contributed by atoms with Gasteiger partial charge in [-0.3, -0.25) is 4.79 Å². The van der Waals surface area contributed by atoms with Crippen molar-refractivity contribution in [2.45, 2.75) is 18.3 Å². The average molecular weight is 259 g/mol. The van der Waals surface area contributed by atoms with E-state index in [-0.39, 0.29) is 5.41 Å². The molecule has 3 nitrogen and oxygen atoms in total. The first-order valence-electron chi connectivity index (χ1n) is 5.18. The van der Waals surface area contributed by atoms with Crippen LogP contribution in [0.4, 0.5) is 0 Å². The summed E-state index contributed by atoms with van der Waals surface area (Å²) < 4.78 is 5.99. The number of aliphatic carboxylic acids is 1. The molecular formula is C11H11ClO3S. The molecule has 3 rings (SSSR count). The van der Waals surface area contributed by atoms with Crippen molar-refractivity contribution in [3.8, 4) is 0 Å². The van der Waals surface area contributed by atoms with Gasteiger partial charge in [-0.25, -0.2) is 0 Å². The maximum atomic E-state index is 11.4. The van der Waals surface area contributed by atoms with E-state index in [4.69, 9.17) is 16.3 Å². The minimum absolute atomic E-state index is 0.323. The van der Waals surface area contributed by atoms with E-state index in [1.54, 1.807) is 0 Å². The van der Waals surface area contributed by atoms with Gasteiger partial charge < -0.3 is 9.84 Å². The third kappa shape index (κ3) is 1.15. The molecule has 0 aromatic carbocycles. The van der Waals surface area contributed by atoms with Gasteiger partial charge in [-0.05, 0) is 25.0 Å². The van der Waals surface area contributed by atoms with Gasteiger partial charge in [-0.2, -0.15) is 0 Å². The normalized spacial score (nSPS) is 24.8. The molecule has 0 amide bonds. The zero-order valence-electron chi connectivity index (χ0n) is 8.53. The Morgan fingerprint density at radius 1 is 1.44 bits per heavy atom. The number of thiophene rings is 1. The van der Waals surface area contributed by atoms with Crippen LogP contribution in [-0.2, 0) is 14.9 Å². The molecule has 2 fully saturated rings. The van der Waals surface area contributed by atoms with Gasteiger partial charge in [0.15, 0.2) is 0 Å². The first kappa shape index (κ1) is 10.6. The van der Waals surface area contributed by atoms with Crippen LogP contribution in [-0.4, -0.2) is 24.3 Å². The highest BCUT2D eigenvalue weighted by molar-refractivity contribution is 7.16. The van der Waals surface area contributed by atoms with Gasteiger partial charge >= 0.3 is 5.97 Å². The summed E-state index contributed by atoms with van der Waals surface area (Å²) in [6.07, 6.45) is 1.50. The lowest BCUT2D eigenvalue weighted by Crippen LogP contribution is -2.55. The van der Waals surface area contributed by atoms with Gasteiger partial charge in [0.05, 0.1) is 28.4 Å². The largest absolute Gasteiger partial charge is 0.481 e. The maximum Gasteiger partial charge on any atom is 0.310 e. The first-order chi connectivity index (χ1) is 7.61. The molecule has 86 valence electrons. The van der Waals surface area contributed by atoms with E-state index in [1.165, 1.54) is 11.3 Å². The van der Waals surface area contributed by atoms with E-state index in [0.29, 0.717) is 17.6 Å². The van der Waals surface area contributed by atoms with Crippen molar-refractivity contribution in [2.75, 3.05) is 13.2 Å². The van der Waals surface area contributed by atoms with Gasteiger partial charge in [0.25, 0.3) is 0 Å². The summed E-state index contributed by atoms with van der Waals surface area (Å²) in [6.45, 7) is 1.02. The number of hydrogen-bond donors (Lipinski definition) is 1. The van der Waals surface area contributed by atoms with Gasteiger partial charge in [0, 0.05) is 4.88 Å². The molecule has 2 heterocycles. The van der Waals surface area contributed by atoms with Crippen LogP contribution in [0.15, 0.2) is 12.1 Å². The third-order valence-corrected chi connectivity index (χ3v) is 5.25. The highest BCUT2D eigenvalue weighted by atomic mass is 35.5. The van der Waals surface area contributed by atoms with Crippen molar-refractivity contribution in [1.82, 2.24) is 0 Å². The van der Waals surface area contributed by atoms with Crippen LogP contribution in [0.3, 0.4) is 0 Å². The molecule has 1 aliphatic heterocycles. The van der Waals surface area contributed by atoms with Gasteiger partial charge in [-0.1, -0.05) is 11.6 Å². The fourth-order valence-corrected chi connectivity index (χ4v) is 3.86. The topological polar surface area (TPSA) is 46.5 Å². The lowest BCUT2D eigenvalue weighted by molar-refractivity contribution is -0.160. The Balaban J connectivity index is 2.04. The molecular weight excluding hydrogens is 248 g/mol. The van der Waals surface area contributed by atoms with E-state index in [9.17, 15) is 9.90 Å². The van der Waals surface area contributed by atoms with Crippen molar-refractivity contribution in [3.63, 3.8) is 0 Å². The van der Waals surface area contributed by atoms with E-state index < -0.39 is 11.4 Å². The molecule has 1 N–H and O–H groups in total. The molecule has 1 aliphatic carbocycles. The van der Waals surface area contributed by atoms with Crippen molar-refractivity contribution in [3.05, 3.63) is 21.3 Å². The Morgan fingerprint density at radius 3 is 2.44 bits per heavy atom. The summed E-state index contributed by atoms with van der Waals surface area (Å²) in [5.74, 6) is -0.694. The summed E-state index contributed by atoms with van der Waals surface area (Å²) in [5, 5.41) is 9.39. The lowest BCUT2D eigenvalue weighted by atomic mass is 9.69. The molecule has 0 spiro atoms. The van der Waals surface area contributed by atoms with Crippen LogP contribution in [0.5, 0.6) is 0 Å². The van der Waals surface area contributed by atoms with Crippen LogP contribution in [0.25, 0.3) is 0 Å². The molecule has 0 bridgehead atoms. The highest BCUT2D eigenvalue weighted by Gasteiger charge is 2.68. The molecule has 0 unspecified atom stereocenters. The first-order valence-corrected chi connectivity index (χ1v) is 6.37. The fourth-order valence-electron chi connectivity index (χ4n) is 2.55. The van der Waals surface area contributed by atoms with Crippen molar-refractivity contribution in [1.29, 1.82) is 0 Å². The molecule has 0 radical (unpaired) electrons. The second-order valence-electron chi connectivity index (χ2n) is 4.57. The van der Waals surface area contributed by atoms with Crippen molar-refractivity contribution >= 4 is 28.9 Å². The van der Waals surface area contributed by atoms with Gasteiger partial charge in [-0.15, -0.1) is 11.3 Å². The molecule has 1 saturated carbocycles. The number of halogens is 1. The molecule has 1 saturated heterocycles. The Bertz CT molecular complexity index is 446. The second kappa shape index (κ2) is 3.22. The fraction of sp³-hybridized carbons (Fsp3) is 0.545. The molecule has 2 aliphatic rings. The predicted octanol–water partition coefficient (Wildman–Crippen LogP) is 2.53. The van der Waals surface area contributed by atoms with E-state index in [0.717, 1.165) is 17.7 Å². The summed E-state index contributed by atoms with van der Waals surface area (Å²) >= 11 is 7.40. The minimum Gasteiger partial charge on any atom is -0.481 e. The number of carboxylic acids is 1. The summed E-state index contributed by atoms with van der Waals surface area (Å²) in [7, 11) is 0. The van der Waals surface area contributed by atoms with Crippen LogP contribution in [0.2, 0.25) is 4.34 Å². The van der Waals surface area contributed by atoms with Crippen molar-refractivity contribution < 1.29 is 14.6 Å². The second-order valence-corrected chi connectivity index (χ2v) is 6.28. The summed E-state index contributed by atoms with van der Waals surface area (Å²) in [4.78, 5) is 12.5.